The molecule has 0 bridgehead atoms. The van der Waals surface area contributed by atoms with Crippen molar-refractivity contribution in [1.82, 2.24) is 9.55 Å². The van der Waals surface area contributed by atoms with E-state index in [1.807, 2.05) is 6.20 Å². The minimum atomic E-state index is 0.851. The molecule has 96 valence electrons. The van der Waals surface area contributed by atoms with Crippen LogP contribution in [0.2, 0.25) is 0 Å². The molecular formula is C14H25N3. The van der Waals surface area contributed by atoms with Gasteiger partial charge in [-0.2, -0.15) is 0 Å². The average molecular weight is 235 g/mol. The summed E-state index contributed by atoms with van der Waals surface area (Å²) >= 11 is 0. The van der Waals surface area contributed by atoms with E-state index in [2.05, 4.69) is 34.9 Å². The summed E-state index contributed by atoms with van der Waals surface area (Å²) in [5.74, 6) is 2.87. The Morgan fingerprint density at radius 3 is 2.59 bits per heavy atom. The highest BCUT2D eigenvalue weighted by molar-refractivity contribution is 5.25. The van der Waals surface area contributed by atoms with E-state index in [1.54, 1.807) is 0 Å². The van der Waals surface area contributed by atoms with Crippen LogP contribution < -0.4 is 5.32 Å². The second-order valence-corrected chi connectivity index (χ2v) is 5.23. The predicted octanol–water partition coefficient (Wildman–Crippen LogP) is 3.53. The maximum atomic E-state index is 4.35. The third-order valence-corrected chi connectivity index (χ3v) is 4.05. The van der Waals surface area contributed by atoms with Crippen LogP contribution in [0.25, 0.3) is 0 Å². The summed E-state index contributed by atoms with van der Waals surface area (Å²) in [7, 11) is 0. The van der Waals surface area contributed by atoms with E-state index in [0.717, 1.165) is 30.9 Å². The molecule has 0 aromatic carbocycles. The third kappa shape index (κ3) is 3.24. The first kappa shape index (κ1) is 12.5. The fraction of sp³-hybridized carbons (Fsp3) is 0.786. The van der Waals surface area contributed by atoms with Gasteiger partial charge in [-0.05, 0) is 31.6 Å². The molecule has 0 amide bonds. The highest BCUT2D eigenvalue weighted by Gasteiger charge is 2.20. The second-order valence-electron chi connectivity index (χ2n) is 5.23. The van der Waals surface area contributed by atoms with E-state index in [4.69, 9.17) is 0 Å². The predicted molar refractivity (Wildman–Crippen MR) is 72.1 cm³/mol. The summed E-state index contributed by atoms with van der Waals surface area (Å²) in [6, 6.07) is 0. The molecule has 0 atom stereocenters. The lowest BCUT2D eigenvalue weighted by Crippen LogP contribution is -2.19. The molecule has 0 saturated heterocycles. The van der Waals surface area contributed by atoms with E-state index in [-0.39, 0.29) is 0 Å². The molecule has 1 aromatic heterocycles. The highest BCUT2D eigenvalue weighted by atomic mass is 15.2. The van der Waals surface area contributed by atoms with Crippen LogP contribution in [0.1, 0.15) is 46.0 Å². The van der Waals surface area contributed by atoms with Gasteiger partial charge in [-0.25, -0.2) is 4.98 Å². The number of hydrogen-bond donors (Lipinski definition) is 1. The van der Waals surface area contributed by atoms with Crippen molar-refractivity contribution in [1.29, 1.82) is 0 Å². The maximum Gasteiger partial charge on any atom is 0.202 e. The Morgan fingerprint density at radius 2 is 1.94 bits per heavy atom. The summed E-state index contributed by atoms with van der Waals surface area (Å²) in [4.78, 5) is 4.35. The summed E-state index contributed by atoms with van der Waals surface area (Å²) < 4.78 is 2.28. The molecule has 3 nitrogen and oxygen atoms in total. The van der Waals surface area contributed by atoms with Crippen LogP contribution in [-0.2, 0) is 6.54 Å². The molecule has 0 spiro atoms. The van der Waals surface area contributed by atoms with Crippen LogP contribution >= 0.6 is 0 Å². The molecule has 1 fully saturated rings. The fourth-order valence-corrected chi connectivity index (χ4v) is 2.88. The Morgan fingerprint density at radius 1 is 1.24 bits per heavy atom. The topological polar surface area (TPSA) is 29.9 Å². The highest BCUT2D eigenvalue weighted by Crippen LogP contribution is 2.31. The molecule has 1 N–H and O–H groups in total. The maximum absolute atomic E-state index is 4.35. The second kappa shape index (κ2) is 6.08. The fourth-order valence-electron chi connectivity index (χ4n) is 2.88. The van der Waals surface area contributed by atoms with E-state index < -0.39 is 0 Å². The van der Waals surface area contributed by atoms with Gasteiger partial charge in [0.05, 0.1) is 0 Å². The van der Waals surface area contributed by atoms with Gasteiger partial charge in [0.1, 0.15) is 0 Å². The van der Waals surface area contributed by atoms with Gasteiger partial charge in [-0.15, -0.1) is 0 Å². The molecule has 1 aromatic rings. The molecule has 1 saturated carbocycles. The van der Waals surface area contributed by atoms with Crippen molar-refractivity contribution in [3.8, 4) is 0 Å². The van der Waals surface area contributed by atoms with E-state index in [9.17, 15) is 0 Å². The molecule has 0 radical (unpaired) electrons. The van der Waals surface area contributed by atoms with Crippen LogP contribution in [0.5, 0.6) is 0 Å². The van der Waals surface area contributed by atoms with Crippen molar-refractivity contribution in [2.45, 2.75) is 52.5 Å². The van der Waals surface area contributed by atoms with Crippen LogP contribution in [-0.4, -0.2) is 16.1 Å². The van der Waals surface area contributed by atoms with Crippen LogP contribution in [0.4, 0.5) is 5.95 Å². The minimum absolute atomic E-state index is 0.851. The monoisotopic (exact) mass is 235 g/mol. The number of anilines is 1. The molecular weight excluding hydrogens is 210 g/mol. The molecule has 2 rings (SSSR count). The lowest BCUT2D eigenvalue weighted by molar-refractivity contribution is 0.248. The molecule has 0 unspecified atom stereocenters. The number of hydrogen-bond acceptors (Lipinski definition) is 2. The van der Waals surface area contributed by atoms with Crippen molar-refractivity contribution in [3.63, 3.8) is 0 Å². The number of rotatable bonds is 5. The standard InChI is InChI=1S/C14H25N3/c1-3-12-5-7-13(8-6-12)11-17-10-9-16-14(17)15-4-2/h9-10,12-13H,3-8,11H2,1-2H3,(H,15,16). The third-order valence-electron chi connectivity index (χ3n) is 4.05. The molecule has 1 aliphatic carbocycles. The first-order valence-electron chi connectivity index (χ1n) is 7.08. The van der Waals surface area contributed by atoms with Gasteiger partial charge in [0, 0.05) is 25.5 Å². The number of aromatic nitrogens is 2. The van der Waals surface area contributed by atoms with Gasteiger partial charge in [-0.1, -0.05) is 26.2 Å². The van der Waals surface area contributed by atoms with Gasteiger partial charge in [0.2, 0.25) is 5.95 Å². The number of nitrogens with zero attached hydrogens (tertiary/aromatic N) is 2. The lowest BCUT2D eigenvalue weighted by atomic mass is 9.81. The van der Waals surface area contributed by atoms with Gasteiger partial charge < -0.3 is 9.88 Å². The van der Waals surface area contributed by atoms with Crippen molar-refractivity contribution in [2.75, 3.05) is 11.9 Å². The smallest absolute Gasteiger partial charge is 0.202 e. The molecule has 3 heteroatoms. The van der Waals surface area contributed by atoms with Gasteiger partial charge in [0.25, 0.3) is 0 Å². The molecule has 1 heterocycles. The van der Waals surface area contributed by atoms with E-state index in [1.165, 1.54) is 32.1 Å². The largest absolute Gasteiger partial charge is 0.356 e. The average Bonchev–Trinajstić information content (AvgIpc) is 2.78. The van der Waals surface area contributed by atoms with E-state index in [0.29, 0.717) is 0 Å². The Labute approximate surface area is 105 Å². The molecule has 17 heavy (non-hydrogen) atoms. The van der Waals surface area contributed by atoms with Crippen molar-refractivity contribution < 1.29 is 0 Å². The van der Waals surface area contributed by atoms with Crippen LogP contribution in [0.15, 0.2) is 12.4 Å². The summed E-state index contributed by atoms with van der Waals surface area (Å²) in [6.45, 7) is 6.52. The van der Waals surface area contributed by atoms with Gasteiger partial charge in [-0.3, -0.25) is 0 Å². The summed E-state index contributed by atoms with van der Waals surface area (Å²) in [5.41, 5.74) is 0. The SMILES string of the molecule is CCNc1nccn1CC1CCC(CC)CC1. The lowest BCUT2D eigenvalue weighted by Gasteiger charge is -2.28. The van der Waals surface area contributed by atoms with Crippen molar-refractivity contribution in [2.24, 2.45) is 11.8 Å². The Kier molecular flexibility index (Phi) is 4.46. The Hall–Kier alpha value is -0.990. The zero-order valence-electron chi connectivity index (χ0n) is 11.2. The van der Waals surface area contributed by atoms with E-state index >= 15 is 0 Å². The first-order valence-corrected chi connectivity index (χ1v) is 7.08. The van der Waals surface area contributed by atoms with Crippen LogP contribution in [0, 0.1) is 11.8 Å². The zero-order chi connectivity index (χ0) is 12.1. The molecule has 0 aliphatic heterocycles. The zero-order valence-corrected chi connectivity index (χ0v) is 11.2. The van der Waals surface area contributed by atoms with Crippen molar-refractivity contribution in [3.05, 3.63) is 12.4 Å². The normalized spacial score (nSPS) is 24.8. The first-order chi connectivity index (χ1) is 8.33. The quantitative estimate of drug-likeness (QED) is 0.846. The van der Waals surface area contributed by atoms with Gasteiger partial charge in [0.15, 0.2) is 0 Å². The Bertz CT molecular complexity index is 324. The Balaban J connectivity index is 1.86. The van der Waals surface area contributed by atoms with Crippen LogP contribution in [0.3, 0.4) is 0 Å². The number of nitrogens with one attached hydrogen (secondary N) is 1. The van der Waals surface area contributed by atoms with Crippen molar-refractivity contribution >= 4 is 5.95 Å². The molecule has 1 aliphatic rings. The summed E-state index contributed by atoms with van der Waals surface area (Å²) in [5, 5.41) is 3.32. The van der Waals surface area contributed by atoms with Gasteiger partial charge >= 0.3 is 0 Å². The number of imidazole rings is 1. The minimum Gasteiger partial charge on any atom is -0.356 e. The summed E-state index contributed by atoms with van der Waals surface area (Å²) in [6.07, 6.45) is 11.0.